The second-order valence-corrected chi connectivity index (χ2v) is 4.16. The van der Waals surface area contributed by atoms with E-state index in [1.807, 2.05) is 26.0 Å². The minimum absolute atomic E-state index is 0.590. The lowest BCUT2D eigenvalue weighted by atomic mass is 10.2. The summed E-state index contributed by atoms with van der Waals surface area (Å²) in [6.07, 6.45) is 1.67. The molecule has 5 heteroatoms. The molecule has 4 nitrogen and oxygen atoms in total. The number of ether oxygens (including phenoxy) is 2. The summed E-state index contributed by atoms with van der Waals surface area (Å²) < 4.78 is 11.8. The van der Waals surface area contributed by atoms with Crippen LogP contribution in [0.3, 0.4) is 0 Å². The number of halogens is 1. The molecular weight excluding hydrogens is 284 g/mol. The van der Waals surface area contributed by atoms with Gasteiger partial charge >= 0.3 is 0 Å². The van der Waals surface area contributed by atoms with Gasteiger partial charge in [0.1, 0.15) is 4.60 Å². The van der Waals surface area contributed by atoms with E-state index in [9.17, 15) is 0 Å². The highest BCUT2D eigenvalue weighted by molar-refractivity contribution is 9.10. The van der Waals surface area contributed by atoms with Gasteiger partial charge in [-0.15, -0.1) is 0 Å². The van der Waals surface area contributed by atoms with E-state index in [1.54, 1.807) is 6.20 Å². The quantitative estimate of drug-likeness (QED) is 0.869. The van der Waals surface area contributed by atoms with Crippen molar-refractivity contribution in [2.24, 2.45) is 0 Å². The molecule has 0 saturated carbocycles. The summed E-state index contributed by atoms with van der Waals surface area (Å²) in [6.45, 7) is 5.06. The van der Waals surface area contributed by atoms with Crippen LogP contribution >= 0.6 is 15.9 Å². The van der Waals surface area contributed by atoms with Gasteiger partial charge in [0.05, 0.1) is 30.4 Å². The number of nitrogens with zero attached hydrogens (tertiary/aromatic N) is 2. The smallest absolute Gasteiger partial charge is 0.163 e. The predicted molar refractivity (Wildman–Crippen MR) is 69.6 cm³/mol. The first-order valence-corrected chi connectivity index (χ1v) is 6.25. The maximum atomic E-state index is 5.53. The van der Waals surface area contributed by atoms with E-state index in [2.05, 4.69) is 25.9 Å². The van der Waals surface area contributed by atoms with E-state index in [0.717, 1.165) is 11.0 Å². The molecule has 0 aliphatic heterocycles. The van der Waals surface area contributed by atoms with Crippen molar-refractivity contribution in [1.29, 1.82) is 0 Å². The summed E-state index contributed by atoms with van der Waals surface area (Å²) in [5, 5.41) is 0. The molecule has 0 spiro atoms. The Balaban J connectivity index is 2.55. The minimum atomic E-state index is 0.590. The van der Waals surface area contributed by atoms with E-state index in [-0.39, 0.29) is 0 Å². The molecule has 17 heavy (non-hydrogen) atoms. The zero-order valence-electron chi connectivity index (χ0n) is 9.74. The average molecular weight is 297 g/mol. The number of aromatic nitrogens is 2. The number of fused-ring (bicyclic) bond motifs is 1. The van der Waals surface area contributed by atoms with Gasteiger partial charge in [0.2, 0.25) is 0 Å². The molecule has 0 N–H and O–H groups in total. The molecule has 0 radical (unpaired) electrons. The Labute approximate surface area is 108 Å². The van der Waals surface area contributed by atoms with Gasteiger partial charge in [-0.25, -0.2) is 4.98 Å². The van der Waals surface area contributed by atoms with Gasteiger partial charge in [0.25, 0.3) is 0 Å². The van der Waals surface area contributed by atoms with Gasteiger partial charge in [-0.05, 0) is 29.8 Å². The van der Waals surface area contributed by atoms with E-state index in [4.69, 9.17) is 9.47 Å². The lowest BCUT2D eigenvalue weighted by Crippen LogP contribution is -1.99. The Bertz CT molecular complexity index is 531. The molecule has 0 aliphatic rings. The predicted octanol–water partition coefficient (Wildman–Crippen LogP) is 3.19. The highest BCUT2D eigenvalue weighted by atomic mass is 79.9. The van der Waals surface area contributed by atoms with Crippen LogP contribution in [0, 0.1) is 0 Å². The third kappa shape index (κ3) is 2.66. The van der Waals surface area contributed by atoms with Crippen LogP contribution in [0.4, 0.5) is 0 Å². The van der Waals surface area contributed by atoms with Crippen molar-refractivity contribution in [3.05, 3.63) is 22.9 Å². The van der Waals surface area contributed by atoms with Crippen LogP contribution in [0.2, 0.25) is 0 Å². The van der Waals surface area contributed by atoms with Gasteiger partial charge in [-0.3, -0.25) is 4.98 Å². The molecule has 0 aliphatic carbocycles. The molecule has 0 amide bonds. The van der Waals surface area contributed by atoms with E-state index in [1.165, 1.54) is 0 Å². The van der Waals surface area contributed by atoms with Crippen molar-refractivity contribution in [2.75, 3.05) is 13.2 Å². The number of hydrogen-bond donors (Lipinski definition) is 0. The van der Waals surface area contributed by atoms with Gasteiger partial charge in [0.15, 0.2) is 11.5 Å². The highest BCUT2D eigenvalue weighted by Gasteiger charge is 2.09. The summed E-state index contributed by atoms with van der Waals surface area (Å²) in [4.78, 5) is 8.62. The molecule has 2 rings (SSSR count). The molecular formula is C12H13BrN2O2. The fraction of sp³-hybridized carbons (Fsp3) is 0.333. The first-order chi connectivity index (χ1) is 8.24. The number of hydrogen-bond acceptors (Lipinski definition) is 4. The Kier molecular flexibility index (Phi) is 3.78. The van der Waals surface area contributed by atoms with Crippen molar-refractivity contribution in [3.8, 4) is 11.5 Å². The molecule has 0 bridgehead atoms. The topological polar surface area (TPSA) is 44.2 Å². The van der Waals surface area contributed by atoms with Gasteiger partial charge < -0.3 is 9.47 Å². The Morgan fingerprint density at radius 2 is 1.65 bits per heavy atom. The van der Waals surface area contributed by atoms with Crippen LogP contribution in [-0.4, -0.2) is 23.2 Å². The van der Waals surface area contributed by atoms with Crippen LogP contribution in [0.5, 0.6) is 11.5 Å². The molecule has 0 fully saturated rings. The number of rotatable bonds is 4. The molecule has 2 aromatic rings. The lowest BCUT2D eigenvalue weighted by Gasteiger charge is -2.11. The zero-order valence-corrected chi connectivity index (χ0v) is 11.3. The standard InChI is InChI=1S/C12H13BrN2O2/c1-3-16-10-5-8-9(6-11(10)17-4-2)15-12(13)7-14-8/h5-7H,3-4H2,1-2H3. The molecule has 1 aromatic heterocycles. The van der Waals surface area contributed by atoms with Crippen LogP contribution < -0.4 is 9.47 Å². The molecule has 0 unspecified atom stereocenters. The second kappa shape index (κ2) is 5.31. The summed E-state index contributed by atoms with van der Waals surface area (Å²) in [7, 11) is 0. The fourth-order valence-corrected chi connectivity index (χ4v) is 1.83. The Hall–Kier alpha value is -1.36. The SMILES string of the molecule is CCOc1cc2ncc(Br)nc2cc1OCC. The third-order valence-corrected chi connectivity index (χ3v) is 2.56. The first-order valence-electron chi connectivity index (χ1n) is 5.46. The minimum Gasteiger partial charge on any atom is -0.490 e. The van der Waals surface area contributed by atoms with Crippen molar-refractivity contribution in [2.45, 2.75) is 13.8 Å². The molecule has 90 valence electrons. The summed E-state index contributed by atoms with van der Waals surface area (Å²) in [5.74, 6) is 1.41. The van der Waals surface area contributed by atoms with Gasteiger partial charge in [-0.2, -0.15) is 0 Å². The summed E-state index contributed by atoms with van der Waals surface area (Å²) in [5.41, 5.74) is 1.58. The summed E-state index contributed by atoms with van der Waals surface area (Å²) in [6, 6.07) is 3.70. The van der Waals surface area contributed by atoms with E-state index in [0.29, 0.717) is 29.3 Å². The van der Waals surface area contributed by atoms with Crippen molar-refractivity contribution in [1.82, 2.24) is 9.97 Å². The molecule has 0 saturated heterocycles. The molecule has 1 heterocycles. The van der Waals surface area contributed by atoms with E-state index < -0.39 is 0 Å². The average Bonchev–Trinajstić information content (AvgIpc) is 2.31. The van der Waals surface area contributed by atoms with Gasteiger partial charge in [-0.1, -0.05) is 0 Å². The Morgan fingerprint density at radius 1 is 1.06 bits per heavy atom. The third-order valence-electron chi connectivity index (χ3n) is 2.18. The summed E-state index contributed by atoms with van der Waals surface area (Å²) >= 11 is 3.30. The van der Waals surface area contributed by atoms with Crippen LogP contribution in [0.1, 0.15) is 13.8 Å². The lowest BCUT2D eigenvalue weighted by molar-refractivity contribution is 0.288. The molecule has 1 aromatic carbocycles. The highest BCUT2D eigenvalue weighted by Crippen LogP contribution is 2.31. The first kappa shape index (κ1) is 12.1. The zero-order chi connectivity index (χ0) is 12.3. The normalized spacial score (nSPS) is 10.5. The maximum absolute atomic E-state index is 5.53. The van der Waals surface area contributed by atoms with Crippen molar-refractivity contribution >= 4 is 27.0 Å². The van der Waals surface area contributed by atoms with E-state index >= 15 is 0 Å². The van der Waals surface area contributed by atoms with Crippen LogP contribution in [-0.2, 0) is 0 Å². The van der Waals surface area contributed by atoms with Gasteiger partial charge in [0, 0.05) is 12.1 Å². The van der Waals surface area contributed by atoms with Crippen LogP contribution in [0.15, 0.2) is 22.9 Å². The van der Waals surface area contributed by atoms with Crippen LogP contribution in [0.25, 0.3) is 11.0 Å². The Morgan fingerprint density at radius 3 is 2.24 bits per heavy atom. The monoisotopic (exact) mass is 296 g/mol. The largest absolute Gasteiger partial charge is 0.490 e. The van der Waals surface area contributed by atoms with Crippen molar-refractivity contribution < 1.29 is 9.47 Å². The molecule has 0 atom stereocenters. The number of benzene rings is 1. The van der Waals surface area contributed by atoms with Crippen molar-refractivity contribution in [3.63, 3.8) is 0 Å². The fourth-order valence-electron chi connectivity index (χ4n) is 1.53. The maximum Gasteiger partial charge on any atom is 0.163 e. The second-order valence-electron chi connectivity index (χ2n) is 3.35.